The molecule has 0 aliphatic heterocycles. The van der Waals surface area contributed by atoms with E-state index in [9.17, 15) is 39.5 Å². The van der Waals surface area contributed by atoms with Gasteiger partial charge < -0.3 is 0 Å². The Kier molecular flexibility index (Phi) is 4.18. The van der Waals surface area contributed by atoms with Gasteiger partial charge in [-0.25, -0.2) is 8.78 Å². The highest BCUT2D eigenvalue weighted by Gasteiger charge is 2.74. The number of hydrogen-bond acceptors (Lipinski definition) is 0. The van der Waals surface area contributed by atoms with Crippen molar-refractivity contribution in [3.8, 4) is 0 Å². The molecule has 96 valence electrons. The Morgan fingerprint density at radius 2 is 1.31 bits per heavy atom. The first-order valence-corrected chi connectivity index (χ1v) is 3.70. The Labute approximate surface area is 87.7 Å². The lowest BCUT2D eigenvalue weighted by atomic mass is 10.0. The maximum atomic E-state index is 12.4. The molecule has 0 unspecified atom stereocenters. The van der Waals surface area contributed by atoms with Gasteiger partial charge in [0.1, 0.15) is 0 Å². The normalized spacial score (nSPS) is 16.1. The molecule has 0 aromatic rings. The summed E-state index contributed by atoms with van der Waals surface area (Å²) in [6.45, 7) is -3.17. The zero-order chi connectivity index (χ0) is 13.4. The van der Waals surface area contributed by atoms with Gasteiger partial charge in [-0.1, -0.05) is 0 Å². The molecular formula is C6H2ClF9. The van der Waals surface area contributed by atoms with Crippen molar-refractivity contribution >= 4 is 11.6 Å². The van der Waals surface area contributed by atoms with Crippen LogP contribution in [0.2, 0.25) is 0 Å². The van der Waals surface area contributed by atoms with Gasteiger partial charge in [0.2, 0.25) is 11.1 Å². The quantitative estimate of drug-likeness (QED) is 0.677. The predicted molar refractivity (Wildman–Crippen MR) is 35.9 cm³/mol. The van der Waals surface area contributed by atoms with Crippen LogP contribution in [-0.2, 0) is 0 Å². The van der Waals surface area contributed by atoms with E-state index in [1.54, 1.807) is 0 Å². The lowest BCUT2D eigenvalue weighted by Gasteiger charge is -2.29. The zero-order valence-corrected chi connectivity index (χ0v) is 7.74. The van der Waals surface area contributed by atoms with Crippen LogP contribution in [0.3, 0.4) is 0 Å². The predicted octanol–water partition coefficient (Wildman–Crippen LogP) is 4.21. The number of halogens is 10. The number of hydrogen-bond donors (Lipinski definition) is 0. The van der Waals surface area contributed by atoms with E-state index in [4.69, 9.17) is 0 Å². The molecule has 16 heavy (non-hydrogen) atoms. The molecule has 0 fully saturated rings. The van der Waals surface area contributed by atoms with Crippen LogP contribution in [0.4, 0.5) is 39.5 Å². The van der Waals surface area contributed by atoms with Gasteiger partial charge in [0, 0.05) is 0 Å². The third-order valence-electron chi connectivity index (χ3n) is 1.46. The summed E-state index contributed by atoms with van der Waals surface area (Å²) in [5, 5.41) is -2.92. The van der Waals surface area contributed by atoms with Crippen molar-refractivity contribution in [1.29, 1.82) is 0 Å². The third-order valence-corrected chi connectivity index (χ3v) is 1.63. The van der Waals surface area contributed by atoms with Crippen LogP contribution in [0.1, 0.15) is 0 Å². The third kappa shape index (κ3) is 2.23. The Morgan fingerprint density at radius 3 is 1.56 bits per heavy atom. The Morgan fingerprint density at radius 1 is 0.938 bits per heavy atom. The average Bonchev–Trinajstić information content (AvgIpc) is 2.15. The fourth-order valence-electron chi connectivity index (χ4n) is 0.570. The van der Waals surface area contributed by atoms with Gasteiger partial charge in [-0.2, -0.15) is 30.7 Å². The summed E-state index contributed by atoms with van der Waals surface area (Å²) in [4.78, 5) is 0. The monoisotopic (exact) mass is 280 g/mol. The van der Waals surface area contributed by atoms with E-state index in [0.717, 1.165) is 0 Å². The van der Waals surface area contributed by atoms with Gasteiger partial charge in [-0.15, -0.1) is 0 Å². The molecule has 0 aromatic heterocycles. The minimum absolute atomic E-state index is 2.92. The minimum Gasteiger partial charge on any atom is -0.244 e. The Balaban J connectivity index is 5.56. The molecule has 0 aliphatic carbocycles. The molecule has 0 bridgehead atoms. The van der Waals surface area contributed by atoms with Gasteiger partial charge in [-0.3, -0.25) is 0 Å². The van der Waals surface area contributed by atoms with Crippen LogP contribution in [0.15, 0.2) is 11.1 Å². The Bertz CT molecular complexity index is 290. The number of rotatable bonds is 4. The molecule has 0 amide bonds. The molecule has 0 rings (SSSR count). The highest BCUT2D eigenvalue weighted by Crippen LogP contribution is 2.50. The van der Waals surface area contributed by atoms with Gasteiger partial charge >= 0.3 is 17.8 Å². The largest absolute Gasteiger partial charge is 0.381 e. The topological polar surface area (TPSA) is 0 Å². The van der Waals surface area contributed by atoms with Crippen molar-refractivity contribution < 1.29 is 39.5 Å². The molecule has 0 saturated carbocycles. The van der Waals surface area contributed by atoms with Gasteiger partial charge in [0.05, 0.1) is 0 Å². The maximum Gasteiger partial charge on any atom is 0.381 e. The molecule has 0 saturated heterocycles. The summed E-state index contributed by atoms with van der Waals surface area (Å²) in [5.74, 6) is -22.2. The molecular weight excluding hydrogens is 279 g/mol. The first-order valence-electron chi connectivity index (χ1n) is 3.32. The highest BCUT2D eigenvalue weighted by atomic mass is 35.5. The number of alkyl halides is 7. The van der Waals surface area contributed by atoms with Crippen LogP contribution < -0.4 is 0 Å². The molecule has 0 N–H and O–H groups in total. The SMILES string of the molecule is FCC(F)(F)C(F)(F)C(F)(F)/C(F)=C(\F)Cl. The molecule has 0 spiro atoms. The van der Waals surface area contributed by atoms with Crippen molar-refractivity contribution in [1.82, 2.24) is 0 Å². The van der Waals surface area contributed by atoms with E-state index in [1.807, 2.05) is 0 Å². The molecule has 0 atom stereocenters. The van der Waals surface area contributed by atoms with Crippen LogP contribution in [-0.4, -0.2) is 24.4 Å². The van der Waals surface area contributed by atoms with Crippen LogP contribution in [0.5, 0.6) is 0 Å². The van der Waals surface area contributed by atoms with E-state index < -0.39 is 35.6 Å². The fraction of sp³-hybridized carbons (Fsp3) is 0.667. The fourth-order valence-corrected chi connectivity index (χ4v) is 0.689. The van der Waals surface area contributed by atoms with Gasteiger partial charge in [-0.05, 0) is 11.6 Å². The molecule has 0 aromatic carbocycles. The van der Waals surface area contributed by atoms with Crippen molar-refractivity contribution in [3.05, 3.63) is 11.1 Å². The Hall–Kier alpha value is -0.600. The van der Waals surface area contributed by atoms with E-state index in [2.05, 4.69) is 11.6 Å². The van der Waals surface area contributed by atoms with Crippen LogP contribution >= 0.6 is 11.6 Å². The van der Waals surface area contributed by atoms with Gasteiger partial charge in [0.15, 0.2) is 6.67 Å². The second-order valence-corrected chi connectivity index (χ2v) is 2.89. The standard InChI is InChI=1S/C6H2ClF9/c7-3(10)2(9)5(13,14)6(15,16)4(11,12)1-8/h1H2/b3-2+. The van der Waals surface area contributed by atoms with Crippen molar-refractivity contribution in [2.24, 2.45) is 0 Å². The second-order valence-electron chi connectivity index (χ2n) is 2.56. The summed E-state index contributed by atoms with van der Waals surface area (Å²) >= 11 is 4.00. The van der Waals surface area contributed by atoms with Crippen LogP contribution in [0, 0.1) is 0 Å². The van der Waals surface area contributed by atoms with Crippen molar-refractivity contribution in [2.75, 3.05) is 6.67 Å². The zero-order valence-electron chi connectivity index (χ0n) is 6.99. The highest BCUT2D eigenvalue weighted by molar-refractivity contribution is 6.28. The van der Waals surface area contributed by atoms with E-state index >= 15 is 0 Å². The average molecular weight is 281 g/mol. The van der Waals surface area contributed by atoms with E-state index in [-0.39, 0.29) is 0 Å². The molecule has 10 heteroatoms. The second kappa shape index (κ2) is 4.34. The maximum absolute atomic E-state index is 12.4. The lowest BCUT2D eigenvalue weighted by molar-refractivity contribution is -0.303. The first-order chi connectivity index (χ1) is 6.91. The summed E-state index contributed by atoms with van der Waals surface area (Å²) < 4.78 is 109. The summed E-state index contributed by atoms with van der Waals surface area (Å²) in [6.07, 6.45) is 0. The number of allylic oxidation sites excluding steroid dienone is 1. The molecule has 0 aliphatic rings. The van der Waals surface area contributed by atoms with E-state index in [0.29, 0.717) is 0 Å². The summed E-state index contributed by atoms with van der Waals surface area (Å²) in [7, 11) is 0. The molecule has 0 heterocycles. The van der Waals surface area contributed by atoms with Gasteiger partial charge in [0.25, 0.3) is 0 Å². The minimum atomic E-state index is -6.45. The summed E-state index contributed by atoms with van der Waals surface area (Å²) in [5.41, 5.74) is 0. The van der Waals surface area contributed by atoms with Crippen LogP contribution in [0.25, 0.3) is 0 Å². The van der Waals surface area contributed by atoms with Crippen molar-refractivity contribution in [3.63, 3.8) is 0 Å². The smallest absolute Gasteiger partial charge is 0.244 e. The molecule has 0 nitrogen and oxygen atoms in total. The van der Waals surface area contributed by atoms with E-state index in [1.165, 1.54) is 0 Å². The van der Waals surface area contributed by atoms with Crippen molar-refractivity contribution in [2.45, 2.75) is 17.8 Å². The summed E-state index contributed by atoms with van der Waals surface area (Å²) in [6, 6.07) is 0. The molecule has 0 radical (unpaired) electrons. The lowest BCUT2D eigenvalue weighted by Crippen LogP contribution is -2.55. The first kappa shape index (κ1) is 15.4.